The van der Waals surface area contributed by atoms with Crippen LogP contribution in [0.3, 0.4) is 0 Å². The van der Waals surface area contributed by atoms with Crippen LogP contribution in [0.15, 0.2) is 24.3 Å². The van der Waals surface area contributed by atoms with Crippen LogP contribution in [0.2, 0.25) is 0 Å². The van der Waals surface area contributed by atoms with E-state index in [4.69, 9.17) is 9.47 Å². The topological polar surface area (TPSA) is 18.5 Å². The Bertz CT molecular complexity index is 305. The average Bonchev–Trinajstić information content (AvgIpc) is 2.29. The molecule has 2 atom stereocenters. The van der Waals surface area contributed by atoms with Crippen molar-refractivity contribution in [3.05, 3.63) is 35.4 Å². The summed E-state index contributed by atoms with van der Waals surface area (Å²) >= 11 is 0. The Labute approximate surface area is 91.2 Å². The Balaban J connectivity index is 2.07. The highest BCUT2D eigenvalue weighted by molar-refractivity contribution is 5.23. The van der Waals surface area contributed by atoms with E-state index in [0.717, 1.165) is 25.0 Å². The molecule has 1 aromatic carbocycles. The lowest BCUT2D eigenvalue weighted by Crippen LogP contribution is -2.24. The first-order chi connectivity index (χ1) is 7.29. The lowest BCUT2D eigenvalue weighted by Gasteiger charge is -2.28. The second-order valence-electron chi connectivity index (χ2n) is 4.03. The maximum Gasteiger partial charge on any atom is 0.184 e. The third-order valence-corrected chi connectivity index (χ3v) is 2.81. The molecule has 2 rings (SSSR count). The first-order valence-electron chi connectivity index (χ1n) is 5.65. The quantitative estimate of drug-likeness (QED) is 0.740. The molecule has 15 heavy (non-hydrogen) atoms. The van der Waals surface area contributed by atoms with Crippen LogP contribution in [-0.2, 0) is 15.9 Å². The van der Waals surface area contributed by atoms with Crippen LogP contribution in [0.5, 0.6) is 0 Å². The van der Waals surface area contributed by atoms with Gasteiger partial charge in [-0.15, -0.1) is 0 Å². The van der Waals surface area contributed by atoms with Crippen molar-refractivity contribution in [3.8, 4) is 0 Å². The van der Waals surface area contributed by atoms with Crippen LogP contribution in [0.1, 0.15) is 37.7 Å². The van der Waals surface area contributed by atoms with E-state index >= 15 is 0 Å². The maximum absolute atomic E-state index is 5.72. The minimum Gasteiger partial charge on any atom is -0.348 e. The van der Waals surface area contributed by atoms with E-state index in [1.54, 1.807) is 0 Å². The van der Waals surface area contributed by atoms with E-state index < -0.39 is 0 Å². The molecule has 0 radical (unpaired) electrons. The zero-order valence-corrected chi connectivity index (χ0v) is 9.40. The number of hydrogen-bond acceptors (Lipinski definition) is 2. The molecule has 82 valence electrons. The Morgan fingerprint density at radius 1 is 1.27 bits per heavy atom. The lowest BCUT2D eigenvalue weighted by molar-refractivity contribution is -0.212. The third kappa shape index (κ3) is 2.58. The molecule has 2 nitrogen and oxygen atoms in total. The third-order valence-electron chi connectivity index (χ3n) is 2.81. The van der Waals surface area contributed by atoms with E-state index in [2.05, 4.69) is 38.1 Å². The van der Waals surface area contributed by atoms with Gasteiger partial charge in [0.1, 0.15) is 0 Å². The number of rotatable bonds is 2. The zero-order valence-electron chi connectivity index (χ0n) is 9.40. The van der Waals surface area contributed by atoms with Gasteiger partial charge in [-0.1, -0.05) is 31.2 Å². The van der Waals surface area contributed by atoms with E-state index in [-0.39, 0.29) is 6.29 Å². The second-order valence-corrected chi connectivity index (χ2v) is 4.03. The number of ether oxygens (including phenoxy) is 2. The summed E-state index contributed by atoms with van der Waals surface area (Å²) in [5, 5.41) is 0. The summed E-state index contributed by atoms with van der Waals surface area (Å²) in [6.07, 6.45) is 2.20. The number of benzene rings is 1. The Kier molecular flexibility index (Phi) is 3.39. The minimum atomic E-state index is -0.167. The second kappa shape index (κ2) is 4.77. The fourth-order valence-corrected chi connectivity index (χ4v) is 1.74. The summed E-state index contributed by atoms with van der Waals surface area (Å²) in [6, 6.07) is 8.48. The highest BCUT2D eigenvalue weighted by Gasteiger charge is 2.20. The van der Waals surface area contributed by atoms with Gasteiger partial charge in [-0.05, 0) is 25.3 Å². The Hall–Kier alpha value is -0.860. The molecule has 1 fully saturated rings. The van der Waals surface area contributed by atoms with Crippen LogP contribution >= 0.6 is 0 Å². The standard InChI is InChI=1S/C13H18O2/c1-3-11-4-6-12(7-5-11)13-14-9-8-10(2)15-13/h4-7,10,13H,3,8-9H2,1-2H3. The van der Waals surface area contributed by atoms with Crippen molar-refractivity contribution in [2.75, 3.05) is 6.61 Å². The van der Waals surface area contributed by atoms with Crippen molar-refractivity contribution in [2.24, 2.45) is 0 Å². The molecule has 0 bridgehead atoms. The van der Waals surface area contributed by atoms with Gasteiger partial charge < -0.3 is 9.47 Å². The summed E-state index contributed by atoms with van der Waals surface area (Å²) in [6.45, 7) is 5.04. The largest absolute Gasteiger partial charge is 0.348 e. The summed E-state index contributed by atoms with van der Waals surface area (Å²) in [5.41, 5.74) is 2.47. The van der Waals surface area contributed by atoms with Gasteiger partial charge in [0.2, 0.25) is 0 Å². The Morgan fingerprint density at radius 3 is 2.60 bits per heavy atom. The molecule has 0 saturated carbocycles. The number of aryl methyl sites for hydroxylation is 1. The summed E-state index contributed by atoms with van der Waals surface area (Å²) < 4.78 is 11.3. The SMILES string of the molecule is CCc1ccc(C2OCCC(C)O2)cc1. The highest BCUT2D eigenvalue weighted by atomic mass is 16.7. The van der Waals surface area contributed by atoms with Crippen LogP contribution in [0, 0.1) is 0 Å². The van der Waals surface area contributed by atoms with Crippen molar-refractivity contribution in [1.29, 1.82) is 0 Å². The van der Waals surface area contributed by atoms with Crippen molar-refractivity contribution in [2.45, 2.75) is 39.1 Å². The maximum atomic E-state index is 5.72. The molecule has 0 aromatic heterocycles. The molecule has 0 N–H and O–H groups in total. The van der Waals surface area contributed by atoms with Crippen molar-refractivity contribution in [3.63, 3.8) is 0 Å². The van der Waals surface area contributed by atoms with Crippen LogP contribution in [0.25, 0.3) is 0 Å². The van der Waals surface area contributed by atoms with Gasteiger partial charge in [0.15, 0.2) is 6.29 Å². The van der Waals surface area contributed by atoms with Gasteiger partial charge in [0.25, 0.3) is 0 Å². The normalized spacial score (nSPS) is 26.5. The Morgan fingerprint density at radius 2 is 2.00 bits per heavy atom. The van der Waals surface area contributed by atoms with E-state index in [0.29, 0.717) is 6.10 Å². The first-order valence-corrected chi connectivity index (χ1v) is 5.65. The molecule has 1 saturated heterocycles. The van der Waals surface area contributed by atoms with Gasteiger partial charge in [-0.25, -0.2) is 0 Å². The van der Waals surface area contributed by atoms with Crippen LogP contribution < -0.4 is 0 Å². The van der Waals surface area contributed by atoms with Gasteiger partial charge >= 0.3 is 0 Å². The molecule has 1 aromatic rings. The predicted octanol–water partition coefficient (Wildman–Crippen LogP) is 3.07. The molecule has 0 aliphatic carbocycles. The molecular formula is C13H18O2. The monoisotopic (exact) mass is 206 g/mol. The molecular weight excluding hydrogens is 188 g/mol. The lowest BCUT2D eigenvalue weighted by atomic mass is 10.1. The van der Waals surface area contributed by atoms with E-state index in [9.17, 15) is 0 Å². The molecule has 0 amide bonds. The minimum absolute atomic E-state index is 0.167. The molecule has 1 aliphatic rings. The van der Waals surface area contributed by atoms with Gasteiger partial charge in [0, 0.05) is 5.56 Å². The van der Waals surface area contributed by atoms with Crippen LogP contribution in [0.4, 0.5) is 0 Å². The fourth-order valence-electron chi connectivity index (χ4n) is 1.74. The van der Waals surface area contributed by atoms with Gasteiger partial charge in [-0.2, -0.15) is 0 Å². The predicted molar refractivity (Wildman–Crippen MR) is 59.7 cm³/mol. The molecule has 1 heterocycles. The summed E-state index contributed by atoms with van der Waals surface area (Å²) in [4.78, 5) is 0. The summed E-state index contributed by atoms with van der Waals surface area (Å²) in [5.74, 6) is 0. The summed E-state index contributed by atoms with van der Waals surface area (Å²) in [7, 11) is 0. The smallest absolute Gasteiger partial charge is 0.184 e. The van der Waals surface area contributed by atoms with E-state index in [1.165, 1.54) is 5.56 Å². The number of hydrogen-bond donors (Lipinski definition) is 0. The molecule has 2 unspecified atom stereocenters. The van der Waals surface area contributed by atoms with Gasteiger partial charge in [0.05, 0.1) is 12.7 Å². The first kappa shape index (κ1) is 10.7. The van der Waals surface area contributed by atoms with Crippen molar-refractivity contribution >= 4 is 0 Å². The van der Waals surface area contributed by atoms with Crippen molar-refractivity contribution < 1.29 is 9.47 Å². The molecule has 2 heteroatoms. The zero-order chi connectivity index (χ0) is 10.7. The van der Waals surface area contributed by atoms with Crippen LogP contribution in [-0.4, -0.2) is 12.7 Å². The molecule has 0 spiro atoms. The average molecular weight is 206 g/mol. The highest BCUT2D eigenvalue weighted by Crippen LogP contribution is 2.26. The van der Waals surface area contributed by atoms with E-state index in [1.807, 2.05) is 0 Å². The fraction of sp³-hybridized carbons (Fsp3) is 0.538. The van der Waals surface area contributed by atoms with Crippen molar-refractivity contribution in [1.82, 2.24) is 0 Å². The van der Waals surface area contributed by atoms with Gasteiger partial charge in [-0.3, -0.25) is 0 Å². The molecule has 1 aliphatic heterocycles.